The number of anilines is 1. The van der Waals surface area contributed by atoms with Crippen LogP contribution < -0.4 is 10.6 Å². The van der Waals surface area contributed by atoms with Crippen LogP contribution >= 0.6 is 0 Å². The Bertz CT molecular complexity index is 755. The number of carbonyl (C=O) groups is 1. The molecule has 1 fully saturated rings. The van der Waals surface area contributed by atoms with Crippen LogP contribution in [0.3, 0.4) is 0 Å². The lowest BCUT2D eigenvalue weighted by Crippen LogP contribution is -2.37. The Morgan fingerprint density at radius 3 is 2.88 bits per heavy atom. The minimum atomic E-state index is -0.0460. The van der Waals surface area contributed by atoms with Crippen LogP contribution in [0.1, 0.15) is 32.1 Å². The van der Waals surface area contributed by atoms with Crippen LogP contribution in [0.4, 0.5) is 10.7 Å². The first-order valence-electron chi connectivity index (χ1n) is 8.60. The number of hydrogen-bond donors (Lipinski definition) is 2. The van der Waals surface area contributed by atoms with Crippen molar-refractivity contribution >= 4 is 12.0 Å². The second kappa shape index (κ2) is 7.08. The number of imidazole rings is 1. The fourth-order valence-electron chi connectivity index (χ4n) is 3.27. The zero-order chi connectivity index (χ0) is 18.0. The molecule has 1 unspecified atom stereocenters. The van der Waals surface area contributed by atoms with Crippen molar-refractivity contribution in [3.05, 3.63) is 24.3 Å². The van der Waals surface area contributed by atoms with Gasteiger partial charge in [0.05, 0.1) is 17.6 Å². The molecule has 1 atom stereocenters. The summed E-state index contributed by atoms with van der Waals surface area (Å²) in [6.45, 7) is 7.64. The number of aromatic nitrogens is 4. The van der Waals surface area contributed by atoms with Crippen molar-refractivity contribution in [1.82, 2.24) is 29.7 Å². The predicted molar refractivity (Wildman–Crippen MR) is 96.4 cm³/mol. The molecule has 1 saturated heterocycles. The summed E-state index contributed by atoms with van der Waals surface area (Å²) in [6, 6.07) is 2.31. The molecule has 0 aromatic carbocycles. The lowest BCUT2D eigenvalue weighted by Gasteiger charge is -2.17. The van der Waals surface area contributed by atoms with Crippen LogP contribution in [0.5, 0.6) is 0 Å². The van der Waals surface area contributed by atoms with E-state index in [4.69, 9.17) is 0 Å². The van der Waals surface area contributed by atoms with Crippen LogP contribution in [0.25, 0.3) is 11.4 Å². The maximum Gasteiger partial charge on any atom is 0.317 e. The second-order valence-corrected chi connectivity index (χ2v) is 6.55. The standard InChI is InChI=1S/C17H25N7O/c1-11(2)24-12(3)20-9-15(24)14-5-7-19-16(22-14)21-13-6-8-23(10-13)17(25)18-4/h5,7,9,11,13H,6,8,10H2,1-4H3,(H,18,25)(H,19,21,22). The summed E-state index contributed by atoms with van der Waals surface area (Å²) < 4.78 is 2.16. The summed E-state index contributed by atoms with van der Waals surface area (Å²) in [4.78, 5) is 26.9. The van der Waals surface area contributed by atoms with Gasteiger partial charge in [-0.3, -0.25) is 0 Å². The van der Waals surface area contributed by atoms with Gasteiger partial charge in [0, 0.05) is 38.4 Å². The van der Waals surface area contributed by atoms with Crippen molar-refractivity contribution in [3.8, 4) is 11.4 Å². The Kier molecular flexibility index (Phi) is 4.87. The monoisotopic (exact) mass is 343 g/mol. The van der Waals surface area contributed by atoms with E-state index in [1.807, 2.05) is 19.2 Å². The van der Waals surface area contributed by atoms with E-state index < -0.39 is 0 Å². The number of likely N-dealkylation sites (tertiary alicyclic amines) is 1. The third kappa shape index (κ3) is 3.57. The number of nitrogens with zero attached hydrogens (tertiary/aromatic N) is 5. The van der Waals surface area contributed by atoms with Crippen LogP contribution in [0, 0.1) is 6.92 Å². The van der Waals surface area contributed by atoms with E-state index >= 15 is 0 Å². The first-order valence-corrected chi connectivity index (χ1v) is 8.60. The van der Waals surface area contributed by atoms with E-state index in [0.29, 0.717) is 18.5 Å². The SMILES string of the molecule is CNC(=O)N1CCC(Nc2nccc(-c3cnc(C)n3C(C)C)n2)C1. The third-order valence-corrected chi connectivity index (χ3v) is 4.44. The molecule has 0 saturated carbocycles. The van der Waals surface area contributed by atoms with Gasteiger partial charge < -0.3 is 20.1 Å². The Labute approximate surface area is 147 Å². The zero-order valence-electron chi connectivity index (χ0n) is 15.2. The van der Waals surface area contributed by atoms with Gasteiger partial charge in [0.2, 0.25) is 5.95 Å². The molecule has 0 radical (unpaired) electrons. The number of rotatable bonds is 4. The molecule has 8 nitrogen and oxygen atoms in total. The number of nitrogens with one attached hydrogen (secondary N) is 2. The molecule has 8 heteroatoms. The van der Waals surface area contributed by atoms with Gasteiger partial charge in [-0.25, -0.2) is 19.7 Å². The fourth-order valence-corrected chi connectivity index (χ4v) is 3.27. The normalized spacial score (nSPS) is 17.2. The van der Waals surface area contributed by atoms with Gasteiger partial charge in [-0.2, -0.15) is 0 Å². The van der Waals surface area contributed by atoms with E-state index in [1.165, 1.54) is 0 Å². The summed E-state index contributed by atoms with van der Waals surface area (Å²) in [7, 11) is 1.65. The highest BCUT2D eigenvalue weighted by molar-refractivity contribution is 5.74. The van der Waals surface area contributed by atoms with E-state index in [1.54, 1.807) is 18.1 Å². The lowest BCUT2D eigenvalue weighted by molar-refractivity contribution is 0.211. The molecular formula is C17H25N7O. The van der Waals surface area contributed by atoms with Crippen molar-refractivity contribution in [2.75, 3.05) is 25.5 Å². The summed E-state index contributed by atoms with van der Waals surface area (Å²) in [5.41, 5.74) is 1.82. The average Bonchev–Trinajstić information content (AvgIpc) is 3.21. The fraction of sp³-hybridized carbons (Fsp3) is 0.529. The largest absolute Gasteiger partial charge is 0.350 e. The first kappa shape index (κ1) is 17.2. The second-order valence-electron chi connectivity index (χ2n) is 6.55. The smallest absolute Gasteiger partial charge is 0.317 e. The number of urea groups is 1. The Morgan fingerprint density at radius 1 is 1.36 bits per heavy atom. The van der Waals surface area contributed by atoms with Crippen molar-refractivity contribution in [2.45, 2.75) is 39.3 Å². The maximum absolute atomic E-state index is 11.7. The van der Waals surface area contributed by atoms with Gasteiger partial charge in [-0.15, -0.1) is 0 Å². The molecule has 3 heterocycles. The molecule has 0 aliphatic carbocycles. The molecule has 0 spiro atoms. The lowest BCUT2D eigenvalue weighted by atomic mass is 10.2. The first-order chi connectivity index (χ1) is 12.0. The van der Waals surface area contributed by atoms with Crippen molar-refractivity contribution < 1.29 is 4.79 Å². The molecule has 3 rings (SSSR count). The molecule has 2 amide bonds. The van der Waals surface area contributed by atoms with Crippen LogP contribution in [0.2, 0.25) is 0 Å². The Morgan fingerprint density at radius 2 is 2.16 bits per heavy atom. The molecule has 2 aromatic rings. The molecule has 1 aliphatic heterocycles. The molecule has 0 bridgehead atoms. The topological polar surface area (TPSA) is 88.0 Å². The summed E-state index contributed by atoms with van der Waals surface area (Å²) in [5, 5.41) is 6.00. The number of amides is 2. The van der Waals surface area contributed by atoms with E-state index in [-0.39, 0.29) is 12.1 Å². The highest BCUT2D eigenvalue weighted by atomic mass is 16.2. The van der Waals surface area contributed by atoms with Gasteiger partial charge in [-0.05, 0) is 33.3 Å². The predicted octanol–water partition coefficient (Wildman–Crippen LogP) is 2.06. The minimum absolute atomic E-state index is 0.0460. The molecule has 25 heavy (non-hydrogen) atoms. The van der Waals surface area contributed by atoms with Gasteiger partial charge in [-0.1, -0.05) is 0 Å². The summed E-state index contributed by atoms with van der Waals surface area (Å²) in [5.74, 6) is 1.55. The van der Waals surface area contributed by atoms with E-state index in [2.05, 4.69) is 44.0 Å². The Balaban J connectivity index is 1.76. The quantitative estimate of drug-likeness (QED) is 0.887. The summed E-state index contributed by atoms with van der Waals surface area (Å²) in [6.07, 6.45) is 4.48. The Hall–Kier alpha value is -2.64. The maximum atomic E-state index is 11.7. The number of carbonyl (C=O) groups excluding carboxylic acids is 1. The zero-order valence-corrected chi connectivity index (χ0v) is 15.2. The van der Waals surface area contributed by atoms with Gasteiger partial charge in [0.1, 0.15) is 5.82 Å². The van der Waals surface area contributed by atoms with Crippen molar-refractivity contribution in [1.29, 1.82) is 0 Å². The number of aryl methyl sites for hydroxylation is 1. The number of hydrogen-bond acceptors (Lipinski definition) is 5. The highest BCUT2D eigenvalue weighted by Crippen LogP contribution is 2.23. The molecule has 2 aromatic heterocycles. The van der Waals surface area contributed by atoms with Gasteiger partial charge in [0.15, 0.2) is 0 Å². The van der Waals surface area contributed by atoms with Gasteiger partial charge >= 0.3 is 6.03 Å². The molecule has 1 aliphatic rings. The molecular weight excluding hydrogens is 318 g/mol. The average molecular weight is 343 g/mol. The van der Waals surface area contributed by atoms with Crippen LogP contribution in [-0.2, 0) is 0 Å². The summed E-state index contributed by atoms with van der Waals surface area (Å²) >= 11 is 0. The minimum Gasteiger partial charge on any atom is -0.350 e. The van der Waals surface area contributed by atoms with Crippen LogP contribution in [0.15, 0.2) is 18.5 Å². The van der Waals surface area contributed by atoms with Crippen molar-refractivity contribution in [2.24, 2.45) is 0 Å². The van der Waals surface area contributed by atoms with E-state index in [0.717, 1.165) is 30.2 Å². The van der Waals surface area contributed by atoms with Gasteiger partial charge in [0.25, 0.3) is 0 Å². The van der Waals surface area contributed by atoms with Crippen molar-refractivity contribution in [3.63, 3.8) is 0 Å². The third-order valence-electron chi connectivity index (χ3n) is 4.44. The highest BCUT2D eigenvalue weighted by Gasteiger charge is 2.26. The molecule has 134 valence electrons. The van der Waals surface area contributed by atoms with E-state index in [9.17, 15) is 4.79 Å². The van der Waals surface area contributed by atoms with Crippen LogP contribution in [-0.4, -0.2) is 56.6 Å². The molecule has 2 N–H and O–H groups in total.